The average Bonchev–Trinajstić information content (AvgIpc) is 3.21. The lowest BCUT2D eigenvalue weighted by atomic mass is 9.90. The van der Waals surface area contributed by atoms with Gasteiger partial charge in [-0.3, -0.25) is 4.79 Å². The van der Waals surface area contributed by atoms with E-state index in [0.717, 1.165) is 17.9 Å². The van der Waals surface area contributed by atoms with Crippen molar-refractivity contribution in [3.8, 4) is 0 Å². The van der Waals surface area contributed by atoms with Crippen molar-refractivity contribution < 1.29 is 13.9 Å². The van der Waals surface area contributed by atoms with Gasteiger partial charge in [-0.05, 0) is 42.5 Å². The Balaban J connectivity index is 1.51. The van der Waals surface area contributed by atoms with E-state index in [0.29, 0.717) is 18.1 Å². The Morgan fingerprint density at radius 1 is 1.17 bits per heavy atom. The number of rotatable bonds is 7. The van der Waals surface area contributed by atoms with Gasteiger partial charge in [0.1, 0.15) is 5.82 Å². The van der Waals surface area contributed by atoms with Crippen molar-refractivity contribution in [2.75, 3.05) is 11.6 Å². The number of halogens is 1. The average molecular weight is 410 g/mol. The molecule has 1 aliphatic carbocycles. The molecule has 0 spiro atoms. The number of carbonyl (C=O) groups excluding carboxylic acids is 1. The second-order valence-corrected chi connectivity index (χ2v) is 7.91. The van der Waals surface area contributed by atoms with Gasteiger partial charge in [0.2, 0.25) is 5.84 Å². The molecule has 30 heavy (non-hydrogen) atoms. The molecule has 1 atom stereocenters. The third kappa shape index (κ3) is 4.62. The lowest BCUT2D eigenvalue weighted by Crippen LogP contribution is -2.36. The zero-order valence-electron chi connectivity index (χ0n) is 16.9. The largest absolute Gasteiger partial charge is 0.376 e. The van der Waals surface area contributed by atoms with Gasteiger partial charge in [0.25, 0.3) is 5.91 Å². The number of carbonyl (C=O) groups is 1. The topological polar surface area (TPSA) is 80.0 Å². The van der Waals surface area contributed by atoms with E-state index in [4.69, 9.17) is 10.5 Å². The Bertz CT molecular complexity index is 927. The fraction of sp³-hybridized carbons (Fsp3) is 0.391. The summed E-state index contributed by atoms with van der Waals surface area (Å²) >= 11 is 0. The highest BCUT2D eigenvalue weighted by Crippen LogP contribution is 2.31. The van der Waals surface area contributed by atoms with Gasteiger partial charge >= 0.3 is 0 Å². The quantitative estimate of drug-likeness (QED) is 0.727. The summed E-state index contributed by atoms with van der Waals surface area (Å²) in [6, 6.07) is 14.1. The molecule has 1 saturated carbocycles. The van der Waals surface area contributed by atoms with Crippen LogP contribution in [-0.4, -0.2) is 18.3 Å². The van der Waals surface area contributed by atoms with Crippen LogP contribution in [0.5, 0.6) is 0 Å². The molecule has 0 aromatic heterocycles. The zero-order chi connectivity index (χ0) is 20.9. The molecule has 4 rings (SSSR count). The molecule has 2 aromatic carbocycles. The number of nitrogens with one attached hydrogen (secondary N) is 1. The molecule has 1 unspecified atom stereocenters. The standard InChI is InChI=1S/C23H27FN4O2/c24-20-12-5-4-11-19(20)23-26-22(21(25)29)27-28(23)18-10-6-9-17(13-18)15-30-14-16-7-2-1-3-8-16/h4-6,9-13,16,23H,1-3,7-8,14-15H2,(H2,25,29)(H,26,27). The minimum Gasteiger partial charge on any atom is -0.376 e. The number of hydrogen-bond donors (Lipinski definition) is 2. The predicted molar refractivity (Wildman–Crippen MR) is 114 cm³/mol. The molecule has 2 aliphatic rings. The monoisotopic (exact) mass is 410 g/mol. The number of nitrogens with zero attached hydrogens (tertiary/aromatic N) is 2. The van der Waals surface area contributed by atoms with Gasteiger partial charge in [-0.1, -0.05) is 49.6 Å². The molecule has 2 aromatic rings. The van der Waals surface area contributed by atoms with Gasteiger partial charge in [0.15, 0.2) is 6.17 Å². The highest BCUT2D eigenvalue weighted by molar-refractivity contribution is 6.38. The molecule has 0 saturated heterocycles. The molecule has 1 aliphatic heterocycles. The highest BCUT2D eigenvalue weighted by atomic mass is 19.1. The highest BCUT2D eigenvalue weighted by Gasteiger charge is 2.32. The summed E-state index contributed by atoms with van der Waals surface area (Å²) in [7, 11) is 0. The van der Waals surface area contributed by atoms with Crippen molar-refractivity contribution in [2.45, 2.75) is 44.9 Å². The molecule has 1 fully saturated rings. The number of benzene rings is 2. The smallest absolute Gasteiger partial charge is 0.286 e. The predicted octanol–water partition coefficient (Wildman–Crippen LogP) is 3.83. The summed E-state index contributed by atoms with van der Waals surface area (Å²) in [5.41, 5.74) is 7.52. The molecule has 7 heteroatoms. The maximum Gasteiger partial charge on any atom is 0.286 e. The maximum absolute atomic E-state index is 14.4. The third-order valence-electron chi connectivity index (χ3n) is 5.68. The minimum atomic E-state index is -0.689. The number of primary amides is 1. The first-order valence-corrected chi connectivity index (χ1v) is 10.5. The first-order chi connectivity index (χ1) is 14.6. The van der Waals surface area contributed by atoms with Crippen molar-refractivity contribution in [1.29, 1.82) is 0 Å². The first kappa shape index (κ1) is 20.3. The summed E-state index contributed by atoms with van der Waals surface area (Å²) in [5, 5.41) is 8.83. The number of nitrogens with two attached hydrogens (primary N) is 1. The van der Waals surface area contributed by atoms with Gasteiger partial charge in [-0.15, -0.1) is 5.10 Å². The number of anilines is 1. The van der Waals surface area contributed by atoms with Gasteiger partial charge in [0, 0.05) is 12.2 Å². The Morgan fingerprint density at radius 2 is 1.97 bits per heavy atom. The lowest BCUT2D eigenvalue weighted by Gasteiger charge is -2.24. The summed E-state index contributed by atoms with van der Waals surface area (Å²) < 4.78 is 20.4. The van der Waals surface area contributed by atoms with E-state index >= 15 is 0 Å². The van der Waals surface area contributed by atoms with Gasteiger partial charge < -0.3 is 15.8 Å². The lowest BCUT2D eigenvalue weighted by molar-refractivity contribution is -0.112. The summed E-state index contributed by atoms with van der Waals surface area (Å²) in [6.07, 6.45) is 5.75. The zero-order valence-corrected chi connectivity index (χ0v) is 16.9. The van der Waals surface area contributed by atoms with E-state index in [9.17, 15) is 9.18 Å². The van der Waals surface area contributed by atoms with Crippen LogP contribution in [0.3, 0.4) is 0 Å². The number of hydrazone groups is 1. The second kappa shape index (κ2) is 9.26. The van der Waals surface area contributed by atoms with Crippen molar-refractivity contribution in [3.05, 3.63) is 65.5 Å². The Hall–Kier alpha value is -2.93. The van der Waals surface area contributed by atoms with Crippen molar-refractivity contribution in [1.82, 2.24) is 5.32 Å². The normalized spacial score (nSPS) is 19.4. The molecular weight excluding hydrogens is 383 g/mol. The third-order valence-corrected chi connectivity index (χ3v) is 5.68. The van der Waals surface area contributed by atoms with E-state index in [-0.39, 0.29) is 11.7 Å². The molecule has 6 nitrogen and oxygen atoms in total. The molecule has 0 bridgehead atoms. The van der Waals surface area contributed by atoms with Crippen LogP contribution in [0.2, 0.25) is 0 Å². The van der Waals surface area contributed by atoms with Crippen LogP contribution >= 0.6 is 0 Å². The van der Waals surface area contributed by atoms with E-state index in [2.05, 4.69) is 10.4 Å². The Kier molecular flexibility index (Phi) is 6.28. The second-order valence-electron chi connectivity index (χ2n) is 7.91. The fourth-order valence-corrected chi connectivity index (χ4v) is 4.10. The van der Waals surface area contributed by atoms with Crippen LogP contribution in [0.4, 0.5) is 10.1 Å². The molecule has 3 N–H and O–H groups in total. The molecular formula is C23H27FN4O2. The Morgan fingerprint density at radius 3 is 2.73 bits per heavy atom. The van der Waals surface area contributed by atoms with Crippen molar-refractivity contribution in [3.63, 3.8) is 0 Å². The van der Waals surface area contributed by atoms with Gasteiger partial charge in [-0.2, -0.15) is 0 Å². The van der Waals surface area contributed by atoms with Crippen LogP contribution in [0.15, 0.2) is 53.6 Å². The fourth-order valence-electron chi connectivity index (χ4n) is 4.10. The van der Waals surface area contributed by atoms with E-state index in [1.165, 1.54) is 38.2 Å². The van der Waals surface area contributed by atoms with Crippen LogP contribution in [-0.2, 0) is 16.1 Å². The SMILES string of the molecule is NC(=O)C1=NN(c2cccc(COCC3CCCCC3)c2)C(c2ccccc2F)N1. The van der Waals surface area contributed by atoms with E-state index in [1.54, 1.807) is 23.2 Å². The first-order valence-electron chi connectivity index (χ1n) is 10.5. The molecule has 0 radical (unpaired) electrons. The van der Waals surface area contributed by atoms with Gasteiger partial charge in [-0.25, -0.2) is 9.40 Å². The summed E-state index contributed by atoms with van der Waals surface area (Å²) in [6.45, 7) is 1.28. The minimum absolute atomic E-state index is 0.00204. The van der Waals surface area contributed by atoms with Crippen molar-refractivity contribution >= 4 is 17.4 Å². The number of hydrogen-bond acceptors (Lipinski definition) is 5. The summed E-state index contributed by atoms with van der Waals surface area (Å²) in [5.74, 6) is -0.418. The van der Waals surface area contributed by atoms with E-state index in [1.807, 2.05) is 24.3 Å². The number of amides is 1. The van der Waals surface area contributed by atoms with E-state index < -0.39 is 12.1 Å². The number of ether oxygens (including phenoxy) is 1. The van der Waals surface area contributed by atoms with Crippen LogP contribution in [0, 0.1) is 11.7 Å². The van der Waals surface area contributed by atoms with Crippen LogP contribution < -0.4 is 16.1 Å². The van der Waals surface area contributed by atoms with Crippen molar-refractivity contribution in [2.24, 2.45) is 16.8 Å². The summed E-state index contributed by atoms with van der Waals surface area (Å²) in [4.78, 5) is 11.7. The maximum atomic E-state index is 14.4. The molecule has 1 amide bonds. The van der Waals surface area contributed by atoms with Gasteiger partial charge in [0.05, 0.1) is 12.3 Å². The van der Waals surface area contributed by atoms with Crippen LogP contribution in [0.1, 0.15) is 49.4 Å². The number of amidine groups is 1. The molecule has 158 valence electrons. The Labute approximate surface area is 175 Å². The van der Waals surface area contributed by atoms with Crippen LogP contribution in [0.25, 0.3) is 0 Å². The molecule has 1 heterocycles.